The molecule has 1 N–H and O–H groups in total. The normalized spacial score (nSPS) is 17.1. The Morgan fingerprint density at radius 2 is 2.06 bits per heavy atom. The Labute approximate surface area is 96.3 Å². The number of carbonyl (C=O) groups is 1. The zero-order valence-electron chi connectivity index (χ0n) is 9.86. The summed E-state index contributed by atoms with van der Waals surface area (Å²) in [4.78, 5) is 11.1. The Morgan fingerprint density at radius 1 is 1.38 bits per heavy atom. The van der Waals surface area contributed by atoms with Crippen LogP contribution in [0.15, 0.2) is 18.2 Å². The molecule has 1 aromatic carbocycles. The van der Waals surface area contributed by atoms with Crippen molar-refractivity contribution in [3.05, 3.63) is 34.9 Å². The van der Waals surface area contributed by atoms with Crippen LogP contribution in [0.1, 0.15) is 29.5 Å². The first kappa shape index (κ1) is 11.2. The van der Waals surface area contributed by atoms with E-state index in [-0.39, 0.29) is 5.92 Å². The molecule has 0 bridgehead atoms. The van der Waals surface area contributed by atoms with E-state index >= 15 is 0 Å². The fraction of sp³-hybridized carbons (Fsp3) is 0.500. The van der Waals surface area contributed by atoms with E-state index in [1.807, 2.05) is 0 Å². The summed E-state index contributed by atoms with van der Waals surface area (Å²) in [6, 6.07) is 6.25. The minimum absolute atomic E-state index is 0.179. The molecule has 1 aliphatic carbocycles. The van der Waals surface area contributed by atoms with Gasteiger partial charge in [-0.2, -0.15) is 0 Å². The van der Waals surface area contributed by atoms with Crippen molar-refractivity contribution in [1.82, 2.24) is 0 Å². The fourth-order valence-corrected chi connectivity index (χ4v) is 2.14. The molecule has 1 aliphatic rings. The van der Waals surface area contributed by atoms with Crippen molar-refractivity contribution in [1.29, 1.82) is 0 Å². The molecule has 1 unspecified atom stereocenters. The number of rotatable bonds is 4. The fourth-order valence-electron chi connectivity index (χ4n) is 2.14. The lowest BCUT2D eigenvalue weighted by Crippen LogP contribution is -2.18. The average Bonchev–Trinajstić information content (AvgIpc) is 3.03. The molecule has 86 valence electrons. The first-order valence-electron chi connectivity index (χ1n) is 5.87. The summed E-state index contributed by atoms with van der Waals surface area (Å²) in [6.07, 6.45) is 2.85. The zero-order valence-corrected chi connectivity index (χ0v) is 9.86. The SMILES string of the molecule is Cc1ccc(CC(C(=O)O)C2CC2)cc1C. The van der Waals surface area contributed by atoms with Crippen molar-refractivity contribution in [3.8, 4) is 0 Å². The molecule has 2 nitrogen and oxygen atoms in total. The predicted molar refractivity (Wildman–Crippen MR) is 63.5 cm³/mol. The van der Waals surface area contributed by atoms with Crippen LogP contribution in [0.5, 0.6) is 0 Å². The second-order valence-corrected chi connectivity index (χ2v) is 4.90. The van der Waals surface area contributed by atoms with Gasteiger partial charge in [0.2, 0.25) is 0 Å². The van der Waals surface area contributed by atoms with Crippen LogP contribution in [-0.2, 0) is 11.2 Å². The summed E-state index contributed by atoms with van der Waals surface area (Å²) in [5.74, 6) is -0.401. The maximum absolute atomic E-state index is 11.1. The van der Waals surface area contributed by atoms with Gasteiger partial charge in [0.25, 0.3) is 0 Å². The maximum Gasteiger partial charge on any atom is 0.307 e. The number of hydrogen-bond donors (Lipinski definition) is 1. The lowest BCUT2D eigenvalue weighted by Gasteiger charge is -2.12. The predicted octanol–water partition coefficient (Wildman–Crippen LogP) is 2.96. The number of benzene rings is 1. The topological polar surface area (TPSA) is 37.3 Å². The number of hydrogen-bond acceptors (Lipinski definition) is 1. The summed E-state index contributed by atoms with van der Waals surface area (Å²) < 4.78 is 0. The minimum Gasteiger partial charge on any atom is -0.481 e. The van der Waals surface area contributed by atoms with Crippen molar-refractivity contribution in [2.75, 3.05) is 0 Å². The highest BCUT2D eigenvalue weighted by Gasteiger charge is 2.35. The van der Waals surface area contributed by atoms with Crippen LogP contribution < -0.4 is 0 Å². The Bertz CT molecular complexity index is 405. The Kier molecular flexibility index (Phi) is 2.99. The van der Waals surface area contributed by atoms with Crippen LogP contribution in [-0.4, -0.2) is 11.1 Å². The first-order chi connectivity index (χ1) is 7.58. The van der Waals surface area contributed by atoms with Gasteiger partial charge in [0.15, 0.2) is 0 Å². The Morgan fingerprint density at radius 3 is 2.56 bits per heavy atom. The van der Waals surface area contributed by atoms with E-state index in [1.54, 1.807) is 0 Å². The third-order valence-corrected chi connectivity index (χ3v) is 3.54. The van der Waals surface area contributed by atoms with E-state index in [0.29, 0.717) is 12.3 Å². The molecule has 1 fully saturated rings. The van der Waals surface area contributed by atoms with E-state index in [2.05, 4.69) is 32.0 Å². The van der Waals surface area contributed by atoms with Gasteiger partial charge >= 0.3 is 5.97 Å². The molecule has 0 aromatic heterocycles. The molecule has 1 atom stereocenters. The third-order valence-electron chi connectivity index (χ3n) is 3.54. The third kappa shape index (κ3) is 2.43. The molecule has 0 radical (unpaired) electrons. The minimum atomic E-state index is -0.638. The van der Waals surface area contributed by atoms with Gasteiger partial charge in [0, 0.05) is 0 Å². The monoisotopic (exact) mass is 218 g/mol. The van der Waals surface area contributed by atoms with Crippen LogP contribution in [0.4, 0.5) is 0 Å². The molecule has 0 amide bonds. The van der Waals surface area contributed by atoms with Gasteiger partial charge in [-0.15, -0.1) is 0 Å². The standard InChI is InChI=1S/C14H18O2/c1-9-3-4-11(7-10(9)2)8-13(14(15)16)12-5-6-12/h3-4,7,12-13H,5-6,8H2,1-2H3,(H,15,16). The molecular weight excluding hydrogens is 200 g/mol. The van der Waals surface area contributed by atoms with Gasteiger partial charge < -0.3 is 5.11 Å². The number of carboxylic acids is 1. The van der Waals surface area contributed by atoms with Gasteiger partial charge in [0.05, 0.1) is 5.92 Å². The Balaban J connectivity index is 2.12. The first-order valence-corrected chi connectivity index (χ1v) is 5.87. The molecule has 0 aliphatic heterocycles. The van der Waals surface area contributed by atoms with Gasteiger partial charge in [-0.05, 0) is 55.7 Å². The van der Waals surface area contributed by atoms with Crippen LogP contribution >= 0.6 is 0 Å². The van der Waals surface area contributed by atoms with Crippen molar-refractivity contribution < 1.29 is 9.90 Å². The summed E-state index contributed by atoms with van der Waals surface area (Å²) >= 11 is 0. The van der Waals surface area contributed by atoms with Crippen LogP contribution in [0.2, 0.25) is 0 Å². The molecule has 0 saturated heterocycles. The number of carboxylic acid groups (broad SMARTS) is 1. The summed E-state index contributed by atoms with van der Waals surface area (Å²) in [5.41, 5.74) is 3.67. The molecule has 16 heavy (non-hydrogen) atoms. The molecule has 2 rings (SSSR count). The molecular formula is C14H18O2. The zero-order chi connectivity index (χ0) is 11.7. The second kappa shape index (κ2) is 4.28. The van der Waals surface area contributed by atoms with E-state index < -0.39 is 5.97 Å². The maximum atomic E-state index is 11.1. The summed E-state index contributed by atoms with van der Waals surface area (Å²) in [6.45, 7) is 4.15. The quantitative estimate of drug-likeness (QED) is 0.843. The molecule has 0 heterocycles. The van der Waals surface area contributed by atoms with Crippen molar-refractivity contribution in [2.24, 2.45) is 11.8 Å². The van der Waals surface area contributed by atoms with Gasteiger partial charge in [-0.25, -0.2) is 0 Å². The van der Waals surface area contributed by atoms with Crippen LogP contribution in [0.25, 0.3) is 0 Å². The summed E-state index contributed by atoms with van der Waals surface area (Å²) in [7, 11) is 0. The van der Waals surface area contributed by atoms with Crippen molar-refractivity contribution in [3.63, 3.8) is 0 Å². The van der Waals surface area contributed by atoms with E-state index in [1.165, 1.54) is 11.1 Å². The van der Waals surface area contributed by atoms with Crippen molar-refractivity contribution in [2.45, 2.75) is 33.1 Å². The van der Waals surface area contributed by atoms with Gasteiger partial charge in [-0.3, -0.25) is 4.79 Å². The van der Waals surface area contributed by atoms with E-state index in [4.69, 9.17) is 5.11 Å². The molecule has 2 heteroatoms. The van der Waals surface area contributed by atoms with Crippen molar-refractivity contribution >= 4 is 5.97 Å². The molecule has 1 aromatic rings. The molecule has 1 saturated carbocycles. The highest BCUT2D eigenvalue weighted by molar-refractivity contribution is 5.71. The highest BCUT2D eigenvalue weighted by Crippen LogP contribution is 2.38. The average molecular weight is 218 g/mol. The molecule has 0 spiro atoms. The smallest absolute Gasteiger partial charge is 0.307 e. The van der Waals surface area contributed by atoms with Crippen LogP contribution in [0, 0.1) is 25.7 Å². The largest absolute Gasteiger partial charge is 0.481 e. The van der Waals surface area contributed by atoms with E-state index in [9.17, 15) is 4.79 Å². The van der Waals surface area contributed by atoms with Gasteiger partial charge in [-0.1, -0.05) is 18.2 Å². The number of aryl methyl sites for hydroxylation is 2. The lowest BCUT2D eigenvalue weighted by atomic mass is 9.93. The van der Waals surface area contributed by atoms with Crippen LogP contribution in [0.3, 0.4) is 0 Å². The summed E-state index contributed by atoms with van der Waals surface area (Å²) in [5, 5.41) is 9.17. The highest BCUT2D eigenvalue weighted by atomic mass is 16.4. The number of aliphatic carboxylic acids is 1. The van der Waals surface area contributed by atoms with Gasteiger partial charge in [0.1, 0.15) is 0 Å². The second-order valence-electron chi connectivity index (χ2n) is 4.90. The lowest BCUT2D eigenvalue weighted by molar-refractivity contribution is -0.142. The van der Waals surface area contributed by atoms with E-state index in [0.717, 1.165) is 18.4 Å². The Hall–Kier alpha value is -1.31.